The lowest BCUT2D eigenvalue weighted by molar-refractivity contribution is -0.113. The highest BCUT2D eigenvalue weighted by Gasteiger charge is 2.14. The number of Topliss-reactive ketones (excluding diaryl/α,β-unsaturated/α-hetero) is 1. The molecule has 0 radical (unpaired) electrons. The van der Waals surface area contributed by atoms with E-state index in [9.17, 15) is 9.59 Å². The van der Waals surface area contributed by atoms with Gasteiger partial charge in [0.25, 0.3) is 0 Å². The number of nitrogens with one attached hydrogen (secondary N) is 1. The SMILES string of the molecule is CCCCc1ccc(-n2nnnc2SCC(=O)Nc2ccccc2C(C)=O)cc1. The van der Waals surface area contributed by atoms with Crippen molar-refractivity contribution < 1.29 is 9.59 Å². The predicted molar refractivity (Wildman–Crippen MR) is 114 cm³/mol. The molecule has 7 nitrogen and oxygen atoms in total. The first-order chi connectivity index (χ1) is 14.1. The van der Waals surface area contributed by atoms with Crippen molar-refractivity contribution in [1.82, 2.24) is 20.2 Å². The summed E-state index contributed by atoms with van der Waals surface area (Å²) in [6.07, 6.45) is 3.37. The van der Waals surface area contributed by atoms with Crippen LogP contribution in [0.4, 0.5) is 5.69 Å². The molecule has 0 bridgehead atoms. The molecule has 3 rings (SSSR count). The third-order valence-corrected chi connectivity index (χ3v) is 5.27. The van der Waals surface area contributed by atoms with Crippen molar-refractivity contribution in [2.24, 2.45) is 0 Å². The Labute approximate surface area is 173 Å². The Kier molecular flexibility index (Phi) is 7.13. The van der Waals surface area contributed by atoms with Gasteiger partial charge in [-0.3, -0.25) is 9.59 Å². The van der Waals surface area contributed by atoms with Gasteiger partial charge in [-0.15, -0.1) is 5.10 Å². The van der Waals surface area contributed by atoms with Crippen LogP contribution in [0, 0.1) is 0 Å². The van der Waals surface area contributed by atoms with E-state index in [-0.39, 0.29) is 17.4 Å². The molecule has 150 valence electrons. The van der Waals surface area contributed by atoms with Crippen LogP contribution in [-0.4, -0.2) is 37.7 Å². The molecule has 3 aromatic rings. The third kappa shape index (κ3) is 5.51. The molecule has 0 aliphatic heterocycles. The van der Waals surface area contributed by atoms with Gasteiger partial charge in [0.2, 0.25) is 11.1 Å². The number of hydrogen-bond acceptors (Lipinski definition) is 6. The second-order valence-corrected chi connectivity index (χ2v) is 7.52. The van der Waals surface area contributed by atoms with Gasteiger partial charge in [0.05, 0.1) is 17.1 Å². The fraction of sp³-hybridized carbons (Fsp3) is 0.286. The Bertz CT molecular complexity index is 985. The number of hydrogen-bond donors (Lipinski definition) is 1. The lowest BCUT2D eigenvalue weighted by Gasteiger charge is -2.09. The number of amides is 1. The van der Waals surface area contributed by atoms with E-state index in [1.165, 1.54) is 24.2 Å². The Morgan fingerprint density at radius 1 is 1.10 bits per heavy atom. The highest BCUT2D eigenvalue weighted by atomic mass is 32.2. The van der Waals surface area contributed by atoms with E-state index in [0.717, 1.165) is 24.9 Å². The maximum absolute atomic E-state index is 12.4. The Balaban J connectivity index is 1.63. The molecule has 1 heterocycles. The van der Waals surface area contributed by atoms with E-state index in [1.54, 1.807) is 28.9 Å². The first-order valence-electron chi connectivity index (χ1n) is 9.48. The minimum atomic E-state index is -0.229. The zero-order valence-electron chi connectivity index (χ0n) is 16.5. The molecule has 0 fully saturated rings. The van der Waals surface area contributed by atoms with Gasteiger partial charge in [-0.1, -0.05) is 49.4 Å². The summed E-state index contributed by atoms with van der Waals surface area (Å²) < 4.78 is 1.62. The number of thioether (sulfide) groups is 1. The minimum absolute atomic E-state index is 0.0973. The number of para-hydroxylation sites is 1. The number of unbranched alkanes of at least 4 members (excludes halogenated alkanes) is 1. The molecule has 2 aromatic carbocycles. The normalized spacial score (nSPS) is 10.7. The Hall–Kier alpha value is -3.00. The van der Waals surface area contributed by atoms with Crippen LogP contribution in [0.25, 0.3) is 5.69 Å². The highest BCUT2D eigenvalue weighted by molar-refractivity contribution is 7.99. The number of rotatable bonds is 9. The fourth-order valence-electron chi connectivity index (χ4n) is 2.83. The molecular weight excluding hydrogens is 386 g/mol. The molecule has 1 N–H and O–H groups in total. The number of aromatic nitrogens is 4. The van der Waals surface area contributed by atoms with Crippen molar-refractivity contribution in [3.8, 4) is 5.69 Å². The van der Waals surface area contributed by atoms with E-state index < -0.39 is 0 Å². The number of tetrazole rings is 1. The van der Waals surface area contributed by atoms with Crippen LogP contribution >= 0.6 is 11.8 Å². The summed E-state index contributed by atoms with van der Waals surface area (Å²) in [5, 5.41) is 15.1. The van der Waals surface area contributed by atoms with Gasteiger partial charge >= 0.3 is 0 Å². The average Bonchev–Trinajstić information content (AvgIpc) is 3.20. The summed E-state index contributed by atoms with van der Waals surface area (Å²) in [7, 11) is 0. The van der Waals surface area contributed by atoms with Crippen LogP contribution in [0.3, 0.4) is 0 Å². The van der Waals surface area contributed by atoms with Crippen LogP contribution in [0.2, 0.25) is 0 Å². The largest absolute Gasteiger partial charge is 0.325 e. The van der Waals surface area contributed by atoms with Crippen LogP contribution in [-0.2, 0) is 11.2 Å². The number of ketones is 1. The summed E-state index contributed by atoms with van der Waals surface area (Å²) in [4.78, 5) is 24.0. The molecule has 0 aliphatic rings. The van der Waals surface area contributed by atoms with Crippen LogP contribution in [0.5, 0.6) is 0 Å². The number of carbonyl (C=O) groups is 2. The minimum Gasteiger partial charge on any atom is -0.325 e. The maximum Gasteiger partial charge on any atom is 0.234 e. The van der Waals surface area contributed by atoms with Crippen molar-refractivity contribution in [3.05, 3.63) is 59.7 Å². The van der Waals surface area contributed by atoms with E-state index in [2.05, 4.69) is 39.9 Å². The van der Waals surface area contributed by atoms with Crippen molar-refractivity contribution in [1.29, 1.82) is 0 Å². The Morgan fingerprint density at radius 3 is 2.59 bits per heavy atom. The van der Waals surface area contributed by atoms with Gasteiger partial charge in [0, 0.05) is 5.56 Å². The van der Waals surface area contributed by atoms with Crippen molar-refractivity contribution in [2.75, 3.05) is 11.1 Å². The number of anilines is 1. The topological polar surface area (TPSA) is 89.8 Å². The van der Waals surface area contributed by atoms with Crippen LogP contribution in [0.1, 0.15) is 42.6 Å². The van der Waals surface area contributed by atoms with Gasteiger partial charge < -0.3 is 5.32 Å². The molecular formula is C21H23N5O2S. The molecule has 0 saturated carbocycles. The third-order valence-electron chi connectivity index (χ3n) is 4.35. The van der Waals surface area contributed by atoms with Gasteiger partial charge in [0.1, 0.15) is 0 Å². The lowest BCUT2D eigenvalue weighted by atomic mass is 10.1. The summed E-state index contributed by atoms with van der Waals surface area (Å²) in [6.45, 7) is 3.65. The van der Waals surface area contributed by atoms with Crippen molar-refractivity contribution in [2.45, 2.75) is 38.3 Å². The second kappa shape index (κ2) is 9.97. The van der Waals surface area contributed by atoms with E-state index in [0.29, 0.717) is 16.4 Å². The number of benzene rings is 2. The average molecular weight is 410 g/mol. The molecule has 0 aliphatic carbocycles. The Morgan fingerprint density at radius 2 is 1.86 bits per heavy atom. The van der Waals surface area contributed by atoms with E-state index in [4.69, 9.17) is 0 Å². The monoisotopic (exact) mass is 409 g/mol. The smallest absolute Gasteiger partial charge is 0.234 e. The number of carbonyl (C=O) groups excluding carboxylic acids is 2. The zero-order valence-corrected chi connectivity index (χ0v) is 17.3. The highest BCUT2D eigenvalue weighted by Crippen LogP contribution is 2.20. The first-order valence-corrected chi connectivity index (χ1v) is 10.5. The predicted octanol–water partition coefficient (Wildman–Crippen LogP) is 3.94. The maximum atomic E-state index is 12.4. The second-order valence-electron chi connectivity index (χ2n) is 6.58. The standard InChI is InChI=1S/C21H23N5O2S/c1-3-4-7-16-10-12-17(13-11-16)26-21(23-24-25-26)29-14-20(28)22-19-9-6-5-8-18(19)15(2)27/h5-6,8-13H,3-4,7,14H2,1-2H3,(H,22,28). The zero-order chi connectivity index (χ0) is 20.6. The van der Waals surface area contributed by atoms with Gasteiger partial charge in [-0.05, 0) is 60.0 Å². The molecule has 0 unspecified atom stereocenters. The van der Waals surface area contributed by atoms with Gasteiger partial charge in [-0.2, -0.15) is 4.68 Å². The summed E-state index contributed by atoms with van der Waals surface area (Å²) in [5.74, 6) is -0.200. The van der Waals surface area contributed by atoms with Crippen LogP contribution < -0.4 is 5.32 Å². The number of aryl methyl sites for hydroxylation is 1. The summed E-state index contributed by atoms with van der Waals surface area (Å²) >= 11 is 1.24. The fourth-order valence-corrected chi connectivity index (χ4v) is 3.52. The number of nitrogens with zero attached hydrogens (tertiary/aromatic N) is 4. The van der Waals surface area contributed by atoms with E-state index in [1.807, 2.05) is 12.1 Å². The molecule has 0 saturated heterocycles. The van der Waals surface area contributed by atoms with Gasteiger partial charge in [-0.25, -0.2) is 0 Å². The molecule has 8 heteroatoms. The lowest BCUT2D eigenvalue weighted by Crippen LogP contribution is -2.16. The molecule has 29 heavy (non-hydrogen) atoms. The molecule has 1 aromatic heterocycles. The van der Waals surface area contributed by atoms with E-state index >= 15 is 0 Å². The first kappa shape index (κ1) is 20.7. The summed E-state index contributed by atoms with van der Waals surface area (Å²) in [5.41, 5.74) is 3.12. The van der Waals surface area contributed by atoms with Crippen molar-refractivity contribution >= 4 is 29.1 Å². The molecule has 1 amide bonds. The van der Waals surface area contributed by atoms with Crippen LogP contribution in [0.15, 0.2) is 53.7 Å². The van der Waals surface area contributed by atoms with Gasteiger partial charge in [0.15, 0.2) is 5.78 Å². The summed E-state index contributed by atoms with van der Waals surface area (Å²) in [6, 6.07) is 15.1. The quantitative estimate of drug-likeness (QED) is 0.425. The van der Waals surface area contributed by atoms with Crippen molar-refractivity contribution in [3.63, 3.8) is 0 Å². The molecule has 0 spiro atoms. The molecule has 0 atom stereocenters.